The second-order valence-electron chi connectivity index (χ2n) is 2.36. The fourth-order valence-corrected chi connectivity index (χ4v) is 1.43. The van der Waals surface area contributed by atoms with E-state index in [4.69, 9.17) is 5.11 Å². The maximum atomic E-state index is 10.8. The summed E-state index contributed by atoms with van der Waals surface area (Å²) in [5.41, 5.74) is -0.169. The Morgan fingerprint density at radius 2 is 2.58 bits per heavy atom. The van der Waals surface area contributed by atoms with Crippen molar-refractivity contribution >= 4 is 11.8 Å². The molecule has 0 radical (unpaired) electrons. The number of thioether (sulfide) groups is 1. The van der Waals surface area contributed by atoms with E-state index in [2.05, 4.69) is 9.97 Å². The van der Waals surface area contributed by atoms with Gasteiger partial charge in [-0.3, -0.25) is 4.79 Å². The van der Waals surface area contributed by atoms with Crippen LogP contribution in [-0.4, -0.2) is 26.9 Å². The lowest BCUT2D eigenvalue weighted by Gasteiger charge is -2.04. The molecule has 0 aliphatic heterocycles. The molecule has 1 heterocycles. The van der Waals surface area contributed by atoms with Gasteiger partial charge >= 0.3 is 0 Å². The van der Waals surface area contributed by atoms with Gasteiger partial charge in [0, 0.05) is 11.3 Å². The summed E-state index contributed by atoms with van der Waals surface area (Å²) in [6.45, 7) is 1.95. The van der Waals surface area contributed by atoms with Gasteiger partial charge in [0.25, 0.3) is 5.56 Å². The van der Waals surface area contributed by atoms with Crippen molar-refractivity contribution in [3.05, 3.63) is 22.7 Å². The summed E-state index contributed by atoms with van der Waals surface area (Å²) in [5, 5.41) is 9.44. The van der Waals surface area contributed by atoms with Crippen LogP contribution in [0.5, 0.6) is 0 Å². The molecule has 1 aromatic heterocycles. The highest BCUT2D eigenvalue weighted by molar-refractivity contribution is 7.99. The zero-order valence-electron chi connectivity index (χ0n) is 6.65. The molecule has 66 valence electrons. The molecule has 0 aromatic carbocycles. The molecule has 0 saturated heterocycles. The van der Waals surface area contributed by atoms with Crippen LogP contribution in [0.1, 0.15) is 6.92 Å². The van der Waals surface area contributed by atoms with Gasteiger partial charge in [-0.05, 0) is 0 Å². The molecule has 0 spiro atoms. The Balaban J connectivity index is 2.69. The first kappa shape index (κ1) is 9.28. The van der Waals surface area contributed by atoms with Gasteiger partial charge in [0.15, 0.2) is 0 Å². The maximum Gasteiger partial charge on any atom is 0.251 e. The Bertz CT molecular complexity index is 299. The highest BCUT2D eigenvalue weighted by atomic mass is 32.2. The van der Waals surface area contributed by atoms with E-state index < -0.39 is 0 Å². The fourth-order valence-electron chi connectivity index (χ4n) is 0.658. The van der Waals surface area contributed by atoms with Crippen molar-refractivity contribution in [1.82, 2.24) is 9.97 Å². The average Bonchev–Trinajstić information content (AvgIpc) is 2.04. The number of nitrogens with zero attached hydrogens (tertiary/aromatic N) is 1. The second-order valence-corrected chi connectivity index (χ2v) is 3.82. The first-order valence-electron chi connectivity index (χ1n) is 3.54. The van der Waals surface area contributed by atoms with E-state index in [1.807, 2.05) is 6.92 Å². The van der Waals surface area contributed by atoms with Gasteiger partial charge in [0.05, 0.1) is 12.9 Å². The lowest BCUT2D eigenvalue weighted by molar-refractivity contribution is 0.300. The number of aliphatic hydroxyl groups excluding tert-OH is 1. The van der Waals surface area contributed by atoms with Gasteiger partial charge in [0.2, 0.25) is 0 Å². The zero-order chi connectivity index (χ0) is 8.97. The largest absolute Gasteiger partial charge is 0.395 e. The summed E-state index contributed by atoms with van der Waals surface area (Å²) >= 11 is 1.38. The number of aromatic amines is 1. The number of rotatable bonds is 3. The smallest absolute Gasteiger partial charge is 0.251 e. The van der Waals surface area contributed by atoms with Crippen LogP contribution in [0.2, 0.25) is 0 Å². The highest BCUT2D eigenvalue weighted by Gasteiger charge is 2.03. The minimum atomic E-state index is -0.169. The van der Waals surface area contributed by atoms with Crippen LogP contribution in [-0.2, 0) is 0 Å². The van der Waals surface area contributed by atoms with Crippen LogP contribution in [0.15, 0.2) is 22.2 Å². The number of H-pyrrole nitrogens is 1. The van der Waals surface area contributed by atoms with E-state index >= 15 is 0 Å². The molecule has 0 aliphatic carbocycles. The molecule has 0 amide bonds. The average molecular weight is 186 g/mol. The van der Waals surface area contributed by atoms with Crippen LogP contribution in [0.3, 0.4) is 0 Å². The zero-order valence-corrected chi connectivity index (χ0v) is 7.47. The SMILES string of the molecule is CC(CO)Sc1cc(=O)[nH]cn1. The monoisotopic (exact) mass is 186 g/mol. The predicted octanol–water partition coefficient (Wildman–Crippen LogP) is 0.243. The molecule has 1 aromatic rings. The molecule has 12 heavy (non-hydrogen) atoms. The van der Waals surface area contributed by atoms with Crippen LogP contribution < -0.4 is 5.56 Å². The minimum absolute atomic E-state index is 0.0688. The summed E-state index contributed by atoms with van der Waals surface area (Å²) in [7, 11) is 0. The number of aromatic nitrogens is 2. The van der Waals surface area contributed by atoms with Crippen molar-refractivity contribution in [2.45, 2.75) is 17.2 Å². The van der Waals surface area contributed by atoms with Gasteiger partial charge in [-0.25, -0.2) is 4.98 Å². The van der Waals surface area contributed by atoms with E-state index in [1.165, 1.54) is 24.2 Å². The number of hydrogen-bond donors (Lipinski definition) is 2. The minimum Gasteiger partial charge on any atom is -0.395 e. The third kappa shape index (κ3) is 2.67. The summed E-state index contributed by atoms with van der Waals surface area (Å²) in [6.07, 6.45) is 1.36. The molecular weight excluding hydrogens is 176 g/mol. The van der Waals surface area contributed by atoms with Gasteiger partial charge < -0.3 is 10.1 Å². The Labute approximate surface area is 74.0 Å². The standard InChI is InChI=1S/C7H10N2O2S/c1-5(3-10)12-7-2-6(11)8-4-9-7/h2,4-5,10H,3H2,1H3,(H,8,9,11). The number of aliphatic hydroxyl groups is 1. The summed E-state index contributed by atoms with van der Waals surface area (Å²) in [4.78, 5) is 17.1. The lowest BCUT2D eigenvalue weighted by atomic mass is 10.5. The first-order valence-corrected chi connectivity index (χ1v) is 4.42. The maximum absolute atomic E-state index is 10.8. The number of nitrogens with one attached hydrogen (secondary N) is 1. The van der Waals surface area contributed by atoms with E-state index in [-0.39, 0.29) is 17.4 Å². The van der Waals surface area contributed by atoms with Crippen LogP contribution in [0.25, 0.3) is 0 Å². The molecule has 1 unspecified atom stereocenters. The van der Waals surface area contributed by atoms with Crippen molar-refractivity contribution in [2.24, 2.45) is 0 Å². The van der Waals surface area contributed by atoms with E-state index in [0.29, 0.717) is 5.03 Å². The summed E-state index contributed by atoms with van der Waals surface area (Å²) in [5.74, 6) is 0. The summed E-state index contributed by atoms with van der Waals surface area (Å²) in [6, 6.07) is 1.41. The molecule has 1 atom stereocenters. The molecule has 4 nitrogen and oxygen atoms in total. The molecule has 1 rings (SSSR count). The van der Waals surface area contributed by atoms with Gasteiger partial charge in [-0.15, -0.1) is 11.8 Å². The Morgan fingerprint density at radius 1 is 1.83 bits per heavy atom. The van der Waals surface area contributed by atoms with E-state index in [0.717, 1.165) is 0 Å². The van der Waals surface area contributed by atoms with Crippen molar-refractivity contribution < 1.29 is 5.11 Å². The van der Waals surface area contributed by atoms with E-state index in [9.17, 15) is 4.79 Å². The normalized spacial score (nSPS) is 12.8. The second kappa shape index (κ2) is 4.27. The van der Waals surface area contributed by atoms with Crippen molar-refractivity contribution in [3.8, 4) is 0 Å². The molecule has 2 N–H and O–H groups in total. The Hall–Kier alpha value is -0.810. The fraction of sp³-hybridized carbons (Fsp3) is 0.429. The van der Waals surface area contributed by atoms with Crippen molar-refractivity contribution in [2.75, 3.05) is 6.61 Å². The van der Waals surface area contributed by atoms with Gasteiger partial charge in [0.1, 0.15) is 5.03 Å². The van der Waals surface area contributed by atoms with Crippen LogP contribution in [0.4, 0.5) is 0 Å². The molecular formula is C7H10N2O2S. The third-order valence-corrected chi connectivity index (χ3v) is 2.25. The first-order chi connectivity index (χ1) is 5.72. The Morgan fingerprint density at radius 3 is 3.17 bits per heavy atom. The quantitative estimate of drug-likeness (QED) is 0.524. The third-order valence-electron chi connectivity index (χ3n) is 1.23. The lowest BCUT2D eigenvalue weighted by Crippen LogP contribution is -2.07. The summed E-state index contributed by atoms with van der Waals surface area (Å²) < 4.78 is 0. The number of hydrogen-bond acceptors (Lipinski definition) is 4. The molecule has 0 fully saturated rings. The van der Waals surface area contributed by atoms with Crippen molar-refractivity contribution in [1.29, 1.82) is 0 Å². The predicted molar refractivity (Wildman–Crippen MR) is 47.3 cm³/mol. The Kier molecular flexibility index (Phi) is 3.31. The molecule has 5 heteroatoms. The van der Waals surface area contributed by atoms with E-state index in [1.54, 1.807) is 0 Å². The van der Waals surface area contributed by atoms with Crippen molar-refractivity contribution in [3.63, 3.8) is 0 Å². The van der Waals surface area contributed by atoms with Crippen LogP contribution >= 0.6 is 11.8 Å². The molecule has 0 saturated carbocycles. The van der Waals surface area contributed by atoms with Crippen LogP contribution in [0, 0.1) is 0 Å². The van der Waals surface area contributed by atoms with Gasteiger partial charge in [-0.1, -0.05) is 6.92 Å². The highest BCUT2D eigenvalue weighted by Crippen LogP contribution is 2.17. The molecule has 0 aliphatic rings. The topological polar surface area (TPSA) is 66.0 Å². The molecule has 0 bridgehead atoms. The van der Waals surface area contributed by atoms with Gasteiger partial charge in [-0.2, -0.15) is 0 Å².